The highest BCUT2D eigenvalue weighted by molar-refractivity contribution is 7.20. The Morgan fingerprint density at radius 3 is 2.94 bits per heavy atom. The van der Waals surface area contributed by atoms with Gasteiger partial charge in [0.2, 0.25) is 0 Å². The number of esters is 1. The third-order valence-electron chi connectivity index (χ3n) is 3.00. The van der Waals surface area contributed by atoms with E-state index in [2.05, 4.69) is 11.1 Å². The molecule has 92 valence electrons. The molecule has 0 atom stereocenters. The van der Waals surface area contributed by atoms with Gasteiger partial charge < -0.3 is 9.72 Å². The van der Waals surface area contributed by atoms with Crippen molar-refractivity contribution in [1.29, 1.82) is 0 Å². The molecule has 1 aromatic carbocycles. The van der Waals surface area contributed by atoms with Gasteiger partial charge in [-0.3, -0.25) is 0 Å². The van der Waals surface area contributed by atoms with Crippen molar-refractivity contribution in [1.82, 2.24) is 4.98 Å². The second-order valence-electron chi connectivity index (χ2n) is 4.13. The highest BCUT2D eigenvalue weighted by Gasteiger charge is 2.20. The first-order valence-electron chi connectivity index (χ1n) is 5.89. The molecule has 0 bridgehead atoms. The number of nitrogens with one attached hydrogen (secondary N) is 1. The molecule has 1 N–H and O–H groups in total. The van der Waals surface area contributed by atoms with Crippen LogP contribution in [0, 0.1) is 6.92 Å². The number of para-hydroxylation sites is 1. The first-order valence-corrected chi connectivity index (χ1v) is 6.71. The topological polar surface area (TPSA) is 42.1 Å². The number of rotatable bonds is 2. The first kappa shape index (κ1) is 11.3. The number of aryl methyl sites for hydroxylation is 1. The van der Waals surface area contributed by atoms with E-state index in [9.17, 15) is 4.79 Å². The second kappa shape index (κ2) is 4.14. The van der Waals surface area contributed by atoms with Gasteiger partial charge in [-0.15, -0.1) is 11.3 Å². The molecule has 0 radical (unpaired) electrons. The van der Waals surface area contributed by atoms with E-state index in [0.717, 1.165) is 26.0 Å². The van der Waals surface area contributed by atoms with Gasteiger partial charge in [0.05, 0.1) is 22.4 Å². The smallest absolute Gasteiger partial charge is 0.341 e. The summed E-state index contributed by atoms with van der Waals surface area (Å²) in [5.41, 5.74) is 2.63. The lowest BCUT2D eigenvalue weighted by molar-refractivity contribution is 0.0528. The maximum Gasteiger partial charge on any atom is 0.341 e. The zero-order valence-electron chi connectivity index (χ0n) is 10.2. The predicted octanol–water partition coefficient (Wildman–Crippen LogP) is 3.87. The number of hydrogen-bond acceptors (Lipinski definition) is 3. The molecule has 0 aliphatic carbocycles. The molecule has 4 heteroatoms. The highest BCUT2D eigenvalue weighted by Crippen LogP contribution is 2.36. The lowest BCUT2D eigenvalue weighted by atomic mass is 10.2. The van der Waals surface area contributed by atoms with Crippen LogP contribution in [-0.2, 0) is 4.74 Å². The van der Waals surface area contributed by atoms with E-state index in [-0.39, 0.29) is 5.97 Å². The Morgan fingerprint density at radius 1 is 1.39 bits per heavy atom. The number of aromatic nitrogens is 1. The van der Waals surface area contributed by atoms with E-state index < -0.39 is 0 Å². The normalized spacial score (nSPS) is 11.2. The molecule has 0 fully saturated rings. The molecule has 3 aromatic rings. The molecule has 0 unspecified atom stereocenters. The summed E-state index contributed by atoms with van der Waals surface area (Å²) < 4.78 is 6.25. The molecule has 0 saturated carbocycles. The fourth-order valence-corrected chi connectivity index (χ4v) is 3.36. The summed E-state index contributed by atoms with van der Waals surface area (Å²) in [4.78, 5) is 16.3. The Morgan fingerprint density at radius 2 is 2.17 bits per heavy atom. The second-order valence-corrected chi connectivity index (χ2v) is 5.35. The molecule has 0 saturated heterocycles. The van der Waals surface area contributed by atoms with Crippen LogP contribution in [0.1, 0.15) is 22.2 Å². The standard InChI is InChI=1S/C14H13NO2S/c1-3-17-14(16)11-8(2)18-13-9-6-4-5-7-10(9)15-12(11)13/h4-7,15H,3H2,1-2H3. The number of benzene rings is 1. The van der Waals surface area contributed by atoms with Crippen LogP contribution in [0.5, 0.6) is 0 Å². The van der Waals surface area contributed by atoms with E-state index >= 15 is 0 Å². The van der Waals surface area contributed by atoms with Gasteiger partial charge in [0.1, 0.15) is 0 Å². The SMILES string of the molecule is CCOC(=O)c1c(C)sc2c1[nH]c1ccccc12. The monoisotopic (exact) mass is 259 g/mol. The van der Waals surface area contributed by atoms with E-state index in [1.165, 1.54) is 0 Å². The molecule has 2 heterocycles. The fraction of sp³-hybridized carbons (Fsp3) is 0.214. The summed E-state index contributed by atoms with van der Waals surface area (Å²) in [5.74, 6) is -0.243. The summed E-state index contributed by atoms with van der Waals surface area (Å²) >= 11 is 1.64. The highest BCUT2D eigenvalue weighted by atomic mass is 32.1. The Balaban J connectivity index is 2.31. The first-order chi connectivity index (χ1) is 8.72. The van der Waals surface area contributed by atoms with Crippen LogP contribution in [0.3, 0.4) is 0 Å². The maximum absolute atomic E-state index is 12.0. The summed E-state index contributed by atoms with van der Waals surface area (Å²) in [6, 6.07) is 8.08. The number of H-pyrrole nitrogens is 1. The fourth-order valence-electron chi connectivity index (χ4n) is 2.23. The zero-order chi connectivity index (χ0) is 12.7. The van der Waals surface area contributed by atoms with Crippen molar-refractivity contribution in [2.45, 2.75) is 13.8 Å². The molecule has 0 amide bonds. The number of hydrogen-bond donors (Lipinski definition) is 1. The van der Waals surface area contributed by atoms with Crippen LogP contribution in [0.4, 0.5) is 0 Å². The average Bonchev–Trinajstić information content (AvgIpc) is 2.84. The summed E-state index contributed by atoms with van der Waals surface area (Å²) in [6.07, 6.45) is 0. The van der Waals surface area contributed by atoms with Crippen LogP contribution in [-0.4, -0.2) is 17.6 Å². The molecular formula is C14H13NO2S. The van der Waals surface area contributed by atoms with E-state index in [1.54, 1.807) is 11.3 Å². The van der Waals surface area contributed by atoms with Crippen molar-refractivity contribution in [3.05, 3.63) is 34.7 Å². The minimum absolute atomic E-state index is 0.243. The number of carbonyl (C=O) groups is 1. The van der Waals surface area contributed by atoms with Gasteiger partial charge in [-0.2, -0.15) is 0 Å². The minimum atomic E-state index is -0.243. The van der Waals surface area contributed by atoms with Gasteiger partial charge in [-0.1, -0.05) is 18.2 Å². The summed E-state index contributed by atoms with van der Waals surface area (Å²) in [5, 5.41) is 1.16. The Bertz CT molecular complexity index is 739. The zero-order valence-corrected chi connectivity index (χ0v) is 11.1. The Labute approximate surface area is 108 Å². The Hall–Kier alpha value is -1.81. The lowest BCUT2D eigenvalue weighted by Crippen LogP contribution is -2.05. The minimum Gasteiger partial charge on any atom is -0.462 e. The maximum atomic E-state index is 12.0. The van der Waals surface area contributed by atoms with Gasteiger partial charge in [0.15, 0.2) is 0 Å². The molecule has 18 heavy (non-hydrogen) atoms. The van der Waals surface area contributed by atoms with E-state index in [4.69, 9.17) is 4.74 Å². The molecule has 3 nitrogen and oxygen atoms in total. The van der Waals surface area contributed by atoms with Crippen LogP contribution >= 0.6 is 11.3 Å². The number of aromatic amines is 1. The van der Waals surface area contributed by atoms with Crippen LogP contribution in [0.2, 0.25) is 0 Å². The van der Waals surface area contributed by atoms with Crippen LogP contribution < -0.4 is 0 Å². The lowest BCUT2D eigenvalue weighted by Gasteiger charge is -2.00. The number of carbonyl (C=O) groups excluding carboxylic acids is 1. The molecule has 0 aliphatic rings. The molecule has 3 rings (SSSR count). The van der Waals surface area contributed by atoms with Crippen molar-refractivity contribution in [3.63, 3.8) is 0 Å². The van der Waals surface area contributed by atoms with Gasteiger partial charge in [0, 0.05) is 15.8 Å². The van der Waals surface area contributed by atoms with Crippen LogP contribution in [0.25, 0.3) is 21.1 Å². The number of fused-ring (bicyclic) bond motifs is 3. The van der Waals surface area contributed by atoms with Crippen molar-refractivity contribution >= 4 is 38.4 Å². The third kappa shape index (κ3) is 1.53. The quantitative estimate of drug-likeness (QED) is 0.710. The number of ether oxygens (including phenoxy) is 1. The number of thiophene rings is 1. The Kier molecular flexibility index (Phi) is 2.59. The summed E-state index contributed by atoms with van der Waals surface area (Å²) in [6.45, 7) is 4.18. The van der Waals surface area contributed by atoms with Gasteiger partial charge in [-0.05, 0) is 19.9 Å². The van der Waals surface area contributed by atoms with Gasteiger partial charge in [-0.25, -0.2) is 4.79 Å². The largest absolute Gasteiger partial charge is 0.462 e. The van der Waals surface area contributed by atoms with E-state index in [0.29, 0.717) is 12.2 Å². The third-order valence-corrected chi connectivity index (χ3v) is 4.13. The van der Waals surface area contributed by atoms with Crippen LogP contribution in [0.15, 0.2) is 24.3 Å². The molecule has 2 aromatic heterocycles. The van der Waals surface area contributed by atoms with Crippen molar-refractivity contribution in [2.75, 3.05) is 6.61 Å². The summed E-state index contributed by atoms with van der Waals surface area (Å²) in [7, 11) is 0. The van der Waals surface area contributed by atoms with Crippen molar-refractivity contribution < 1.29 is 9.53 Å². The predicted molar refractivity (Wildman–Crippen MR) is 74.4 cm³/mol. The van der Waals surface area contributed by atoms with Crippen molar-refractivity contribution in [2.24, 2.45) is 0 Å². The molecular weight excluding hydrogens is 246 g/mol. The molecule has 0 aliphatic heterocycles. The average molecular weight is 259 g/mol. The van der Waals surface area contributed by atoms with E-state index in [1.807, 2.05) is 32.0 Å². The molecule has 0 spiro atoms. The van der Waals surface area contributed by atoms with Gasteiger partial charge in [0.25, 0.3) is 0 Å². The van der Waals surface area contributed by atoms with Gasteiger partial charge >= 0.3 is 5.97 Å². The van der Waals surface area contributed by atoms with Crippen molar-refractivity contribution in [3.8, 4) is 0 Å².